The third kappa shape index (κ3) is 3.65. The van der Waals surface area contributed by atoms with Crippen LogP contribution >= 0.6 is 0 Å². The maximum Gasteiger partial charge on any atom is 0.321 e. The largest absolute Gasteiger partial charge is 0.337 e. The first-order valence-corrected chi connectivity index (χ1v) is 8.42. The topological polar surface area (TPSA) is 32.3 Å². The van der Waals surface area contributed by atoms with E-state index < -0.39 is 11.6 Å². The van der Waals surface area contributed by atoms with Gasteiger partial charge in [0.15, 0.2) is 0 Å². The van der Waals surface area contributed by atoms with Gasteiger partial charge in [0.1, 0.15) is 11.6 Å². The molecule has 0 spiro atoms. The third-order valence-electron chi connectivity index (χ3n) is 4.66. The quantitative estimate of drug-likeness (QED) is 0.886. The van der Waals surface area contributed by atoms with E-state index in [0.29, 0.717) is 25.1 Å². The summed E-state index contributed by atoms with van der Waals surface area (Å²) < 4.78 is 27.0. The Labute approximate surface area is 146 Å². The number of hydrogen-bond donors (Lipinski definition) is 1. The van der Waals surface area contributed by atoms with Crippen LogP contribution in [-0.4, -0.2) is 19.1 Å². The summed E-state index contributed by atoms with van der Waals surface area (Å²) in [5.74, 6) is -1.06. The standard InChI is InChI=1S/C20H22F2N2O/c1-12-6-13(2)19(14(3)7-12)24-11-15(10-23-20(24)25)8-16-4-5-17(21)9-18(16)22/h4-7,9,15H,8,10-11H2,1-3H3,(H,23,25). The third-order valence-corrected chi connectivity index (χ3v) is 4.66. The lowest BCUT2D eigenvalue weighted by molar-refractivity contribution is 0.236. The molecule has 1 aliphatic heterocycles. The van der Waals surface area contributed by atoms with Gasteiger partial charge in [0, 0.05) is 19.2 Å². The number of carbonyl (C=O) groups excluding carboxylic acids is 1. The van der Waals surface area contributed by atoms with Crippen LogP contribution in [0.5, 0.6) is 0 Å². The molecule has 1 unspecified atom stereocenters. The molecule has 0 aromatic heterocycles. The Morgan fingerprint density at radius 2 is 1.80 bits per heavy atom. The molecule has 2 aromatic rings. The number of nitrogens with zero attached hydrogens (tertiary/aromatic N) is 1. The number of nitrogens with one attached hydrogen (secondary N) is 1. The van der Waals surface area contributed by atoms with Crippen LogP contribution in [-0.2, 0) is 6.42 Å². The van der Waals surface area contributed by atoms with Crippen molar-refractivity contribution in [2.24, 2.45) is 5.92 Å². The van der Waals surface area contributed by atoms with Gasteiger partial charge < -0.3 is 5.32 Å². The van der Waals surface area contributed by atoms with E-state index in [1.807, 2.05) is 20.8 Å². The molecule has 1 fully saturated rings. The van der Waals surface area contributed by atoms with Gasteiger partial charge in [-0.15, -0.1) is 0 Å². The second-order valence-electron chi connectivity index (χ2n) is 6.85. The summed E-state index contributed by atoms with van der Waals surface area (Å²) in [4.78, 5) is 14.1. The van der Waals surface area contributed by atoms with Crippen molar-refractivity contribution >= 4 is 11.7 Å². The van der Waals surface area contributed by atoms with Crippen molar-refractivity contribution in [3.8, 4) is 0 Å². The molecule has 1 aliphatic rings. The Morgan fingerprint density at radius 1 is 1.12 bits per heavy atom. The zero-order valence-corrected chi connectivity index (χ0v) is 14.7. The van der Waals surface area contributed by atoms with Crippen LogP contribution in [0.3, 0.4) is 0 Å². The van der Waals surface area contributed by atoms with Crippen molar-refractivity contribution < 1.29 is 13.6 Å². The number of halogens is 2. The fourth-order valence-electron chi connectivity index (χ4n) is 3.66. The van der Waals surface area contributed by atoms with Crippen LogP contribution in [0.25, 0.3) is 0 Å². The number of urea groups is 1. The lowest BCUT2D eigenvalue weighted by Gasteiger charge is -2.35. The smallest absolute Gasteiger partial charge is 0.321 e. The van der Waals surface area contributed by atoms with Gasteiger partial charge in [-0.2, -0.15) is 0 Å². The average molecular weight is 344 g/mol. The lowest BCUT2D eigenvalue weighted by Crippen LogP contribution is -2.52. The second kappa shape index (κ2) is 6.82. The monoisotopic (exact) mass is 344 g/mol. The molecule has 0 bridgehead atoms. The Morgan fingerprint density at radius 3 is 2.44 bits per heavy atom. The minimum absolute atomic E-state index is 0.0535. The van der Waals surface area contributed by atoms with E-state index in [-0.39, 0.29) is 11.9 Å². The molecule has 1 N–H and O–H groups in total. The van der Waals surface area contributed by atoms with E-state index in [1.54, 1.807) is 4.90 Å². The Kier molecular flexibility index (Phi) is 4.75. The van der Waals surface area contributed by atoms with Crippen LogP contribution in [0.15, 0.2) is 30.3 Å². The molecule has 0 saturated carbocycles. The summed E-state index contributed by atoms with van der Waals surface area (Å²) >= 11 is 0. The number of anilines is 1. The summed E-state index contributed by atoms with van der Waals surface area (Å²) in [5.41, 5.74) is 4.62. The van der Waals surface area contributed by atoms with Gasteiger partial charge in [-0.25, -0.2) is 13.6 Å². The Hall–Kier alpha value is -2.43. The van der Waals surface area contributed by atoms with Crippen molar-refractivity contribution in [1.29, 1.82) is 0 Å². The van der Waals surface area contributed by atoms with Gasteiger partial charge in [0.25, 0.3) is 0 Å². The molecule has 3 nitrogen and oxygen atoms in total. The molecular weight excluding hydrogens is 322 g/mol. The first-order valence-electron chi connectivity index (χ1n) is 8.42. The van der Waals surface area contributed by atoms with E-state index >= 15 is 0 Å². The number of amides is 2. The predicted octanol–water partition coefficient (Wildman–Crippen LogP) is 4.28. The molecule has 2 aromatic carbocycles. The fraction of sp³-hybridized carbons (Fsp3) is 0.350. The van der Waals surface area contributed by atoms with Crippen LogP contribution in [0, 0.1) is 38.3 Å². The highest BCUT2D eigenvalue weighted by Gasteiger charge is 2.29. The minimum Gasteiger partial charge on any atom is -0.337 e. The molecule has 1 saturated heterocycles. The minimum atomic E-state index is -0.578. The summed E-state index contributed by atoms with van der Waals surface area (Å²) in [5, 5.41) is 2.89. The molecule has 1 atom stereocenters. The SMILES string of the molecule is Cc1cc(C)c(N2CC(Cc3ccc(F)cc3F)CNC2=O)c(C)c1. The number of carbonyl (C=O) groups is 1. The van der Waals surface area contributed by atoms with E-state index in [1.165, 1.54) is 12.1 Å². The molecule has 25 heavy (non-hydrogen) atoms. The van der Waals surface area contributed by atoms with E-state index in [0.717, 1.165) is 28.4 Å². The van der Waals surface area contributed by atoms with E-state index in [4.69, 9.17) is 0 Å². The van der Waals surface area contributed by atoms with E-state index in [9.17, 15) is 13.6 Å². The summed E-state index contributed by atoms with van der Waals surface area (Å²) in [7, 11) is 0. The van der Waals surface area contributed by atoms with Crippen molar-refractivity contribution in [3.63, 3.8) is 0 Å². The van der Waals surface area contributed by atoms with E-state index in [2.05, 4.69) is 17.4 Å². The zero-order chi connectivity index (χ0) is 18.1. The fourth-order valence-corrected chi connectivity index (χ4v) is 3.66. The van der Waals surface area contributed by atoms with Crippen LogP contribution in [0.2, 0.25) is 0 Å². The van der Waals surface area contributed by atoms with Gasteiger partial charge in [0.05, 0.1) is 5.69 Å². The van der Waals surface area contributed by atoms with Gasteiger partial charge >= 0.3 is 6.03 Å². The maximum absolute atomic E-state index is 13.9. The zero-order valence-electron chi connectivity index (χ0n) is 14.7. The summed E-state index contributed by atoms with van der Waals surface area (Å²) in [6.45, 7) is 7.00. The second-order valence-corrected chi connectivity index (χ2v) is 6.85. The number of hydrogen-bond acceptors (Lipinski definition) is 1. The first-order chi connectivity index (χ1) is 11.8. The van der Waals surface area contributed by atoms with Gasteiger partial charge in [0.2, 0.25) is 0 Å². The molecular formula is C20H22F2N2O. The van der Waals surface area contributed by atoms with Crippen molar-refractivity contribution in [2.45, 2.75) is 27.2 Å². The molecule has 132 valence electrons. The average Bonchev–Trinajstić information content (AvgIpc) is 2.52. The highest BCUT2D eigenvalue weighted by Crippen LogP contribution is 2.29. The van der Waals surface area contributed by atoms with Gasteiger partial charge in [-0.1, -0.05) is 23.8 Å². The first kappa shape index (κ1) is 17.4. The molecule has 0 aliphatic carbocycles. The number of aryl methyl sites for hydroxylation is 3. The molecule has 1 heterocycles. The van der Waals surface area contributed by atoms with Crippen molar-refractivity contribution in [2.75, 3.05) is 18.0 Å². The summed E-state index contributed by atoms with van der Waals surface area (Å²) in [6.07, 6.45) is 0.451. The summed E-state index contributed by atoms with van der Waals surface area (Å²) in [6, 6.07) is 7.63. The highest BCUT2D eigenvalue weighted by atomic mass is 19.1. The molecule has 2 amide bonds. The van der Waals surface area contributed by atoms with Gasteiger partial charge in [-0.05, 0) is 55.9 Å². The van der Waals surface area contributed by atoms with Gasteiger partial charge in [-0.3, -0.25) is 4.90 Å². The van der Waals surface area contributed by atoms with Crippen LogP contribution in [0.4, 0.5) is 19.3 Å². The molecule has 0 radical (unpaired) electrons. The highest BCUT2D eigenvalue weighted by molar-refractivity contribution is 5.94. The predicted molar refractivity (Wildman–Crippen MR) is 94.9 cm³/mol. The van der Waals surface area contributed by atoms with Crippen LogP contribution in [0.1, 0.15) is 22.3 Å². The number of benzene rings is 2. The van der Waals surface area contributed by atoms with Crippen LogP contribution < -0.4 is 10.2 Å². The normalized spacial score (nSPS) is 17.6. The lowest BCUT2D eigenvalue weighted by atomic mass is 9.95. The van der Waals surface area contributed by atoms with Crippen molar-refractivity contribution in [3.05, 3.63) is 64.2 Å². The Bertz CT molecular complexity index is 796. The maximum atomic E-state index is 13.9. The Balaban J connectivity index is 1.84. The number of rotatable bonds is 3. The molecule has 5 heteroatoms. The van der Waals surface area contributed by atoms with Crippen molar-refractivity contribution in [1.82, 2.24) is 5.32 Å². The molecule has 3 rings (SSSR count).